The number of rotatable bonds is 1. The van der Waals surface area contributed by atoms with Crippen molar-refractivity contribution in [1.29, 1.82) is 0 Å². The predicted octanol–water partition coefficient (Wildman–Crippen LogP) is 3.89. The summed E-state index contributed by atoms with van der Waals surface area (Å²) in [5.74, 6) is 0. The Balaban J connectivity index is 2.75. The first kappa shape index (κ1) is 8.76. The van der Waals surface area contributed by atoms with Crippen LogP contribution in [0.2, 0.25) is 0 Å². The number of fused-ring (bicyclic) bond motifs is 1. The van der Waals surface area contributed by atoms with E-state index in [1.165, 1.54) is 26.1 Å². The van der Waals surface area contributed by atoms with Crippen molar-refractivity contribution >= 4 is 21.4 Å². The van der Waals surface area contributed by atoms with Crippen LogP contribution in [0.25, 0.3) is 10.1 Å². The topological polar surface area (TPSA) is 0 Å². The summed E-state index contributed by atoms with van der Waals surface area (Å²) in [6.45, 7) is 8.28. The van der Waals surface area contributed by atoms with Crippen molar-refractivity contribution in [2.75, 3.05) is 0 Å². The first-order chi connectivity index (χ1) is 6.22. The maximum atomic E-state index is 3.90. The highest BCUT2D eigenvalue weighted by Gasteiger charge is 2.04. The Labute approximate surface area is 83.2 Å². The second-order valence-electron chi connectivity index (χ2n) is 3.36. The highest BCUT2D eigenvalue weighted by atomic mass is 32.1. The molecule has 0 N–H and O–H groups in total. The van der Waals surface area contributed by atoms with Crippen molar-refractivity contribution in [3.8, 4) is 0 Å². The Morgan fingerprint density at radius 3 is 2.77 bits per heavy atom. The van der Waals surface area contributed by atoms with Gasteiger partial charge < -0.3 is 0 Å². The molecule has 0 unspecified atom stereocenters. The van der Waals surface area contributed by atoms with Crippen molar-refractivity contribution in [2.45, 2.75) is 20.3 Å². The van der Waals surface area contributed by atoms with Gasteiger partial charge in [0.05, 0.1) is 0 Å². The molecule has 0 aliphatic heterocycles. The molecule has 1 heteroatoms. The third-order valence-electron chi connectivity index (χ3n) is 2.53. The second kappa shape index (κ2) is 3.15. The lowest BCUT2D eigenvalue weighted by Gasteiger charge is -1.96. The molecule has 0 aliphatic carbocycles. The molecule has 1 aromatic heterocycles. The van der Waals surface area contributed by atoms with E-state index in [2.05, 4.69) is 39.0 Å². The van der Waals surface area contributed by atoms with Gasteiger partial charge in [-0.1, -0.05) is 12.1 Å². The highest BCUT2D eigenvalue weighted by molar-refractivity contribution is 7.19. The van der Waals surface area contributed by atoms with E-state index in [9.17, 15) is 0 Å². The lowest BCUT2D eigenvalue weighted by Crippen LogP contribution is -1.78. The first-order valence-corrected chi connectivity index (χ1v) is 5.32. The molecule has 0 atom stereocenters. The summed E-state index contributed by atoms with van der Waals surface area (Å²) in [6, 6.07) is 6.65. The minimum Gasteiger partial charge on any atom is -0.140 e. The van der Waals surface area contributed by atoms with E-state index in [0.29, 0.717) is 0 Å². The van der Waals surface area contributed by atoms with E-state index in [4.69, 9.17) is 0 Å². The van der Waals surface area contributed by atoms with Gasteiger partial charge in [-0.05, 0) is 49.8 Å². The molecule has 0 nitrogen and oxygen atoms in total. The molecule has 0 amide bonds. The van der Waals surface area contributed by atoms with E-state index >= 15 is 0 Å². The number of thiophene rings is 1. The van der Waals surface area contributed by atoms with Crippen LogP contribution < -0.4 is 0 Å². The van der Waals surface area contributed by atoms with E-state index in [1.807, 2.05) is 11.3 Å². The zero-order valence-corrected chi connectivity index (χ0v) is 8.87. The van der Waals surface area contributed by atoms with Gasteiger partial charge in [0.25, 0.3) is 0 Å². The lowest BCUT2D eigenvalue weighted by molar-refractivity contribution is 1.28. The molecule has 0 spiro atoms. The number of aryl methyl sites for hydroxylation is 2. The van der Waals surface area contributed by atoms with Crippen molar-refractivity contribution in [1.82, 2.24) is 0 Å². The molecule has 0 bridgehead atoms. The summed E-state index contributed by atoms with van der Waals surface area (Å²) in [7, 11) is 0. The third-order valence-corrected chi connectivity index (χ3v) is 3.72. The summed E-state index contributed by atoms with van der Waals surface area (Å²) in [6.07, 6.45) is 0.879. The number of hydrogen-bond donors (Lipinski definition) is 0. The van der Waals surface area contributed by atoms with Gasteiger partial charge in [0.2, 0.25) is 0 Å². The summed E-state index contributed by atoms with van der Waals surface area (Å²) in [4.78, 5) is 1.43. The minimum absolute atomic E-state index is 0.879. The van der Waals surface area contributed by atoms with Crippen molar-refractivity contribution < 1.29 is 0 Å². The molecule has 67 valence electrons. The van der Waals surface area contributed by atoms with E-state index in [-0.39, 0.29) is 0 Å². The highest BCUT2D eigenvalue weighted by Crippen LogP contribution is 2.30. The molecule has 0 saturated carbocycles. The zero-order chi connectivity index (χ0) is 9.42. The summed E-state index contributed by atoms with van der Waals surface area (Å²) in [5, 5.41) is 1.41. The molecule has 1 heterocycles. The molecular formula is C12H13S. The van der Waals surface area contributed by atoms with E-state index in [1.54, 1.807) is 0 Å². The average Bonchev–Trinajstić information content (AvgIpc) is 2.43. The van der Waals surface area contributed by atoms with Gasteiger partial charge in [0.1, 0.15) is 0 Å². The molecule has 1 aromatic carbocycles. The van der Waals surface area contributed by atoms with Crippen LogP contribution in [0.3, 0.4) is 0 Å². The zero-order valence-electron chi connectivity index (χ0n) is 8.05. The molecule has 2 rings (SSSR count). The van der Waals surface area contributed by atoms with Gasteiger partial charge in [-0.15, -0.1) is 11.3 Å². The van der Waals surface area contributed by atoms with Crippen LogP contribution in [0.4, 0.5) is 0 Å². The third kappa shape index (κ3) is 1.37. The summed E-state index contributed by atoms with van der Waals surface area (Å²) < 4.78 is 1.40. The Kier molecular flexibility index (Phi) is 2.12. The van der Waals surface area contributed by atoms with Crippen molar-refractivity contribution in [3.63, 3.8) is 0 Å². The van der Waals surface area contributed by atoms with Crippen molar-refractivity contribution in [3.05, 3.63) is 41.1 Å². The van der Waals surface area contributed by atoms with Crippen LogP contribution in [0.1, 0.15) is 16.0 Å². The predicted molar refractivity (Wildman–Crippen MR) is 60.4 cm³/mol. The van der Waals surface area contributed by atoms with Crippen LogP contribution in [-0.4, -0.2) is 0 Å². The van der Waals surface area contributed by atoms with Crippen LogP contribution in [0.5, 0.6) is 0 Å². The molecule has 0 fully saturated rings. The average molecular weight is 189 g/mol. The number of hydrogen-bond acceptors (Lipinski definition) is 1. The van der Waals surface area contributed by atoms with Crippen molar-refractivity contribution in [2.24, 2.45) is 0 Å². The Hall–Kier alpha value is -0.820. The Morgan fingerprint density at radius 1 is 1.31 bits per heavy atom. The summed E-state index contributed by atoms with van der Waals surface area (Å²) in [5.41, 5.74) is 2.75. The van der Waals surface area contributed by atoms with Gasteiger partial charge in [-0.2, -0.15) is 0 Å². The number of benzene rings is 1. The minimum atomic E-state index is 0.879. The van der Waals surface area contributed by atoms with Gasteiger partial charge in [0, 0.05) is 9.58 Å². The summed E-state index contributed by atoms with van der Waals surface area (Å²) >= 11 is 1.88. The van der Waals surface area contributed by atoms with E-state index < -0.39 is 0 Å². The van der Waals surface area contributed by atoms with Gasteiger partial charge in [0.15, 0.2) is 0 Å². The monoisotopic (exact) mass is 189 g/mol. The maximum Gasteiger partial charge on any atom is 0.0348 e. The van der Waals surface area contributed by atoms with Crippen LogP contribution in [-0.2, 0) is 6.42 Å². The largest absolute Gasteiger partial charge is 0.140 e. The van der Waals surface area contributed by atoms with Gasteiger partial charge in [-0.25, -0.2) is 0 Å². The second-order valence-corrected chi connectivity index (χ2v) is 4.62. The molecule has 2 aromatic rings. The maximum absolute atomic E-state index is 3.90. The van der Waals surface area contributed by atoms with Gasteiger partial charge in [-0.3, -0.25) is 0 Å². The fourth-order valence-corrected chi connectivity index (χ4v) is 2.60. The Bertz CT molecular complexity index is 438. The fourth-order valence-electron chi connectivity index (χ4n) is 1.55. The van der Waals surface area contributed by atoms with Gasteiger partial charge >= 0.3 is 0 Å². The quantitative estimate of drug-likeness (QED) is 0.638. The molecule has 1 radical (unpaired) electrons. The Morgan fingerprint density at radius 2 is 2.08 bits per heavy atom. The molecule has 13 heavy (non-hydrogen) atoms. The lowest BCUT2D eigenvalue weighted by atomic mass is 10.1. The standard InChI is InChI=1S/C12H13S/c1-4-10-5-6-12-11(7-10)8(2)9(3)13-12/h5-7H,1,4H2,2-3H3. The van der Waals surface area contributed by atoms with Crippen LogP contribution >= 0.6 is 11.3 Å². The molecule has 0 aliphatic rings. The SMILES string of the molecule is [CH2]Cc1ccc2sc(C)c(C)c2c1. The normalized spacial score (nSPS) is 11.0. The smallest absolute Gasteiger partial charge is 0.0348 e. The molecule has 0 saturated heterocycles. The van der Waals surface area contributed by atoms with Crippen LogP contribution in [0, 0.1) is 20.8 Å². The van der Waals surface area contributed by atoms with E-state index in [0.717, 1.165) is 6.42 Å². The van der Waals surface area contributed by atoms with Crippen LogP contribution in [0.15, 0.2) is 18.2 Å². The fraction of sp³-hybridized carbons (Fsp3) is 0.250. The first-order valence-electron chi connectivity index (χ1n) is 4.50. The molecular weight excluding hydrogens is 176 g/mol.